The fourth-order valence-electron chi connectivity index (χ4n) is 3.07. The van der Waals surface area contributed by atoms with Crippen LogP contribution in [0.3, 0.4) is 0 Å². The van der Waals surface area contributed by atoms with Gasteiger partial charge in [0.2, 0.25) is 0 Å². The van der Waals surface area contributed by atoms with Crippen LogP contribution >= 0.6 is 23.2 Å². The molecule has 174 valence electrons. The van der Waals surface area contributed by atoms with Crippen molar-refractivity contribution in [2.24, 2.45) is 0 Å². The molecule has 0 bridgehead atoms. The Labute approximate surface area is 204 Å². The molecule has 0 saturated heterocycles. The quantitative estimate of drug-likeness (QED) is 0.454. The summed E-state index contributed by atoms with van der Waals surface area (Å²) in [4.78, 5) is 26.5. The molecule has 0 radical (unpaired) electrons. The van der Waals surface area contributed by atoms with E-state index in [1.807, 2.05) is 0 Å². The van der Waals surface area contributed by atoms with Crippen LogP contribution < -0.4 is 19.7 Å². The number of aromatic nitrogens is 2. The zero-order valence-corrected chi connectivity index (χ0v) is 19.6. The Balaban J connectivity index is 1.53. The maximum atomic E-state index is 13.0. The molecule has 0 spiro atoms. The van der Waals surface area contributed by atoms with E-state index in [4.69, 9.17) is 27.9 Å². The molecule has 2 aromatic carbocycles. The highest BCUT2D eigenvalue weighted by Crippen LogP contribution is 2.35. The number of methoxy groups -OCH3 is 1. The maximum Gasteiger partial charge on any atom is 0.283 e. The summed E-state index contributed by atoms with van der Waals surface area (Å²) in [5, 5.41) is 9.83. The summed E-state index contributed by atoms with van der Waals surface area (Å²) in [5.74, 6) is -1.08. The molecule has 3 aromatic rings. The first-order chi connectivity index (χ1) is 16.2. The number of imide groups is 1. The average Bonchev–Trinajstić information content (AvgIpc) is 3.03. The Morgan fingerprint density at radius 1 is 0.912 bits per heavy atom. The summed E-state index contributed by atoms with van der Waals surface area (Å²) in [6, 6.07) is 14.7. The second kappa shape index (κ2) is 9.29. The standard InChI is InChI=1S/C21H15Cl2N5O5S/c1-33-15-5-3-2-4-14(15)28-20(29)18(23)19(21(28)30)24-12-6-8-13(9-7-12)34(31,32)27-17-11-10-16(22)25-26-17/h2-11,24H,1H3,(H,26,27). The van der Waals surface area contributed by atoms with Gasteiger partial charge in [0, 0.05) is 5.69 Å². The third kappa shape index (κ3) is 4.53. The first kappa shape index (κ1) is 23.5. The van der Waals surface area contributed by atoms with Gasteiger partial charge in [-0.15, -0.1) is 10.2 Å². The average molecular weight is 520 g/mol. The van der Waals surface area contributed by atoms with E-state index in [1.165, 1.54) is 43.5 Å². The zero-order chi connectivity index (χ0) is 24.5. The number of sulfonamides is 1. The van der Waals surface area contributed by atoms with E-state index >= 15 is 0 Å². The predicted octanol–water partition coefficient (Wildman–Crippen LogP) is 3.38. The number of hydrogen-bond acceptors (Lipinski definition) is 8. The number of rotatable bonds is 7. The van der Waals surface area contributed by atoms with Crippen molar-refractivity contribution in [3.8, 4) is 5.75 Å². The summed E-state index contributed by atoms with van der Waals surface area (Å²) in [6.07, 6.45) is 0. The van der Waals surface area contributed by atoms with Crippen LogP contribution in [0.25, 0.3) is 0 Å². The van der Waals surface area contributed by atoms with Crippen molar-refractivity contribution >= 4 is 62.2 Å². The van der Waals surface area contributed by atoms with Crippen molar-refractivity contribution in [3.05, 3.63) is 76.5 Å². The molecular weight excluding hydrogens is 505 g/mol. The van der Waals surface area contributed by atoms with E-state index in [9.17, 15) is 18.0 Å². The van der Waals surface area contributed by atoms with Crippen LogP contribution in [0.2, 0.25) is 5.15 Å². The molecule has 2 heterocycles. The second-order valence-corrected chi connectivity index (χ2v) is 9.25. The van der Waals surface area contributed by atoms with Gasteiger partial charge in [0.05, 0.1) is 17.7 Å². The molecule has 0 saturated carbocycles. The lowest BCUT2D eigenvalue weighted by Gasteiger charge is -2.17. The lowest BCUT2D eigenvalue weighted by molar-refractivity contribution is -0.120. The topological polar surface area (TPSA) is 131 Å². The first-order valence-corrected chi connectivity index (χ1v) is 11.8. The minimum absolute atomic E-state index is 0.00460. The van der Waals surface area contributed by atoms with Gasteiger partial charge in [-0.05, 0) is 48.5 Å². The van der Waals surface area contributed by atoms with Crippen molar-refractivity contribution in [1.29, 1.82) is 0 Å². The molecule has 0 unspecified atom stereocenters. The van der Waals surface area contributed by atoms with E-state index in [1.54, 1.807) is 24.3 Å². The van der Waals surface area contributed by atoms with Crippen LogP contribution in [0.15, 0.2) is 76.3 Å². The lowest BCUT2D eigenvalue weighted by atomic mass is 10.2. The summed E-state index contributed by atoms with van der Waals surface area (Å²) >= 11 is 11.8. The van der Waals surface area contributed by atoms with E-state index in [-0.39, 0.29) is 32.3 Å². The number of halogens is 2. The van der Waals surface area contributed by atoms with Gasteiger partial charge in [0.1, 0.15) is 16.5 Å². The van der Waals surface area contributed by atoms with Gasteiger partial charge in [0.25, 0.3) is 21.8 Å². The minimum atomic E-state index is -3.96. The highest BCUT2D eigenvalue weighted by atomic mass is 35.5. The van der Waals surface area contributed by atoms with E-state index < -0.39 is 21.8 Å². The maximum absolute atomic E-state index is 13.0. The zero-order valence-electron chi connectivity index (χ0n) is 17.3. The molecule has 10 nitrogen and oxygen atoms in total. The van der Waals surface area contributed by atoms with E-state index in [0.29, 0.717) is 11.4 Å². The molecule has 0 aliphatic carbocycles. The Bertz CT molecular complexity index is 1410. The highest BCUT2D eigenvalue weighted by molar-refractivity contribution is 7.92. The van der Waals surface area contributed by atoms with Gasteiger partial charge in [0.15, 0.2) is 11.0 Å². The van der Waals surface area contributed by atoms with Gasteiger partial charge < -0.3 is 10.1 Å². The number of carbonyl (C=O) groups excluding carboxylic acids is 2. The molecule has 34 heavy (non-hydrogen) atoms. The van der Waals surface area contributed by atoms with Crippen LogP contribution in [0.1, 0.15) is 0 Å². The number of carbonyl (C=O) groups is 2. The molecule has 1 aromatic heterocycles. The molecule has 2 amide bonds. The van der Waals surface area contributed by atoms with Crippen molar-refractivity contribution < 1.29 is 22.7 Å². The fourth-order valence-corrected chi connectivity index (χ4v) is 4.38. The number of ether oxygens (including phenoxy) is 1. The number of hydrogen-bond donors (Lipinski definition) is 2. The summed E-state index contributed by atoms with van der Waals surface area (Å²) in [6.45, 7) is 0. The van der Waals surface area contributed by atoms with Crippen LogP contribution in [-0.2, 0) is 19.6 Å². The molecule has 13 heteroatoms. The van der Waals surface area contributed by atoms with Gasteiger partial charge in [-0.25, -0.2) is 13.3 Å². The van der Waals surface area contributed by atoms with E-state index in [2.05, 4.69) is 20.2 Å². The number of nitrogens with zero attached hydrogens (tertiary/aromatic N) is 3. The third-order valence-electron chi connectivity index (χ3n) is 4.66. The highest BCUT2D eigenvalue weighted by Gasteiger charge is 2.40. The largest absolute Gasteiger partial charge is 0.495 e. The Hall–Kier alpha value is -3.67. The molecule has 4 rings (SSSR count). The first-order valence-electron chi connectivity index (χ1n) is 9.52. The van der Waals surface area contributed by atoms with Gasteiger partial charge >= 0.3 is 0 Å². The lowest BCUT2D eigenvalue weighted by Crippen LogP contribution is -2.32. The normalized spacial score (nSPS) is 13.9. The number of benzene rings is 2. The molecular formula is C21H15Cl2N5O5S. The van der Waals surface area contributed by atoms with E-state index in [0.717, 1.165) is 4.90 Å². The van der Waals surface area contributed by atoms with Crippen LogP contribution in [0.5, 0.6) is 5.75 Å². The van der Waals surface area contributed by atoms with Gasteiger partial charge in [-0.2, -0.15) is 0 Å². The smallest absolute Gasteiger partial charge is 0.283 e. The molecule has 2 N–H and O–H groups in total. The number of para-hydroxylation sites is 2. The summed E-state index contributed by atoms with van der Waals surface area (Å²) in [7, 11) is -2.54. The number of nitrogens with one attached hydrogen (secondary N) is 2. The predicted molar refractivity (Wildman–Crippen MR) is 126 cm³/mol. The van der Waals surface area contributed by atoms with Crippen molar-refractivity contribution in [2.75, 3.05) is 22.0 Å². The number of amides is 2. The summed E-state index contributed by atoms with van der Waals surface area (Å²) < 4.78 is 32.7. The minimum Gasteiger partial charge on any atom is -0.495 e. The SMILES string of the molecule is COc1ccccc1N1C(=O)C(Cl)=C(Nc2ccc(S(=O)(=O)Nc3ccc(Cl)nn3)cc2)C1=O. The molecule has 0 atom stereocenters. The third-order valence-corrected chi connectivity index (χ3v) is 6.58. The molecule has 1 aliphatic heterocycles. The molecule has 1 aliphatic rings. The van der Waals surface area contributed by atoms with Crippen LogP contribution in [0, 0.1) is 0 Å². The Kier molecular flexibility index (Phi) is 6.42. The monoisotopic (exact) mass is 519 g/mol. The van der Waals surface area contributed by atoms with Crippen LogP contribution in [0.4, 0.5) is 17.2 Å². The number of anilines is 3. The van der Waals surface area contributed by atoms with Crippen LogP contribution in [-0.4, -0.2) is 37.5 Å². The second-order valence-electron chi connectivity index (χ2n) is 6.80. The van der Waals surface area contributed by atoms with Crippen molar-refractivity contribution in [2.45, 2.75) is 4.90 Å². The van der Waals surface area contributed by atoms with Gasteiger partial charge in [-0.3, -0.25) is 14.3 Å². The van der Waals surface area contributed by atoms with Crippen molar-refractivity contribution in [1.82, 2.24) is 10.2 Å². The molecule has 0 fully saturated rings. The Morgan fingerprint density at radius 3 is 2.26 bits per heavy atom. The summed E-state index contributed by atoms with van der Waals surface area (Å²) in [5.41, 5.74) is 0.428. The van der Waals surface area contributed by atoms with Crippen molar-refractivity contribution in [3.63, 3.8) is 0 Å². The van der Waals surface area contributed by atoms with Gasteiger partial charge in [-0.1, -0.05) is 35.3 Å². The fraction of sp³-hybridized carbons (Fsp3) is 0.0476. The Morgan fingerprint density at radius 2 is 1.62 bits per heavy atom.